The molecule has 2 heterocycles. The molecule has 0 spiro atoms. The summed E-state index contributed by atoms with van der Waals surface area (Å²) in [6.07, 6.45) is 0. The number of nitrogens with one attached hydrogen (secondary N) is 3. The molecule has 1 amide bonds. The van der Waals surface area contributed by atoms with Gasteiger partial charge in [0.2, 0.25) is 0 Å². The number of hydrogen-bond acceptors (Lipinski definition) is 4. The summed E-state index contributed by atoms with van der Waals surface area (Å²) in [7, 11) is 0. The molecule has 0 bridgehead atoms. The predicted molar refractivity (Wildman–Crippen MR) is 120 cm³/mol. The minimum Gasteiger partial charge on any atom is -0.455 e. The molecule has 31 heavy (non-hydrogen) atoms. The van der Waals surface area contributed by atoms with Crippen LogP contribution in [0.3, 0.4) is 0 Å². The van der Waals surface area contributed by atoms with Crippen molar-refractivity contribution in [1.29, 1.82) is 0 Å². The lowest BCUT2D eigenvalue weighted by atomic mass is 10.0. The van der Waals surface area contributed by atoms with Gasteiger partial charge in [0.15, 0.2) is 11.0 Å². The molecule has 0 radical (unpaired) electrons. The van der Waals surface area contributed by atoms with E-state index in [1.54, 1.807) is 43.3 Å². The molecule has 152 valence electrons. The van der Waals surface area contributed by atoms with Gasteiger partial charge in [0.25, 0.3) is 5.91 Å². The number of benzene rings is 3. The Kier molecular flexibility index (Phi) is 4.29. The second-order valence-electron chi connectivity index (χ2n) is 7.23. The SMILES string of the molecule is Cc1c(-c2ccccc2)oc2c(C(=O)Nc3ccc4[nH]c(=O)[nH]c4c3)cccc2c1=O. The van der Waals surface area contributed by atoms with Crippen molar-refractivity contribution < 1.29 is 9.21 Å². The molecular formula is C24H17N3O4. The fourth-order valence-corrected chi connectivity index (χ4v) is 3.66. The fraction of sp³-hybridized carbons (Fsp3) is 0.0417. The Morgan fingerprint density at radius 3 is 2.48 bits per heavy atom. The number of carbonyl (C=O) groups is 1. The number of aromatic amines is 2. The number of imidazole rings is 1. The van der Waals surface area contributed by atoms with Gasteiger partial charge in [-0.3, -0.25) is 9.59 Å². The number of rotatable bonds is 3. The maximum atomic E-state index is 13.1. The zero-order valence-electron chi connectivity index (χ0n) is 16.5. The zero-order chi connectivity index (χ0) is 21.5. The molecule has 0 saturated heterocycles. The molecular weight excluding hydrogens is 394 g/mol. The fourth-order valence-electron chi connectivity index (χ4n) is 3.66. The first-order valence-corrected chi connectivity index (χ1v) is 9.66. The van der Waals surface area contributed by atoms with Gasteiger partial charge in [0, 0.05) is 16.8 Å². The average Bonchev–Trinajstić information content (AvgIpc) is 3.15. The highest BCUT2D eigenvalue weighted by atomic mass is 16.3. The third-order valence-electron chi connectivity index (χ3n) is 5.20. The molecule has 3 aromatic carbocycles. The molecule has 3 N–H and O–H groups in total. The van der Waals surface area contributed by atoms with Gasteiger partial charge in [-0.15, -0.1) is 0 Å². The zero-order valence-corrected chi connectivity index (χ0v) is 16.5. The van der Waals surface area contributed by atoms with E-state index in [2.05, 4.69) is 15.3 Å². The summed E-state index contributed by atoms with van der Waals surface area (Å²) < 4.78 is 6.11. The lowest BCUT2D eigenvalue weighted by Crippen LogP contribution is -2.15. The molecule has 0 aliphatic heterocycles. The van der Waals surface area contributed by atoms with Crippen LogP contribution in [0.25, 0.3) is 33.3 Å². The van der Waals surface area contributed by atoms with Crippen LogP contribution in [0.2, 0.25) is 0 Å². The molecule has 0 saturated carbocycles. The molecule has 0 atom stereocenters. The van der Waals surface area contributed by atoms with Gasteiger partial charge in [-0.05, 0) is 37.3 Å². The van der Waals surface area contributed by atoms with Gasteiger partial charge in [-0.2, -0.15) is 0 Å². The second kappa shape index (κ2) is 7.14. The first kappa shape index (κ1) is 18.6. The smallest absolute Gasteiger partial charge is 0.323 e. The van der Waals surface area contributed by atoms with E-state index in [0.29, 0.717) is 33.4 Å². The maximum Gasteiger partial charge on any atom is 0.323 e. The molecule has 2 aromatic heterocycles. The van der Waals surface area contributed by atoms with E-state index in [1.807, 2.05) is 30.3 Å². The van der Waals surface area contributed by atoms with E-state index in [-0.39, 0.29) is 22.3 Å². The number of amides is 1. The summed E-state index contributed by atoms with van der Waals surface area (Å²) in [6, 6.07) is 19.3. The number of para-hydroxylation sites is 1. The van der Waals surface area contributed by atoms with Crippen molar-refractivity contribution in [3.8, 4) is 11.3 Å². The summed E-state index contributed by atoms with van der Waals surface area (Å²) >= 11 is 0. The lowest BCUT2D eigenvalue weighted by Gasteiger charge is -2.11. The highest BCUT2D eigenvalue weighted by molar-refractivity contribution is 6.11. The number of aromatic nitrogens is 2. The number of carbonyl (C=O) groups excluding carboxylic acids is 1. The highest BCUT2D eigenvalue weighted by Gasteiger charge is 2.18. The molecule has 5 rings (SSSR count). The van der Waals surface area contributed by atoms with E-state index < -0.39 is 5.91 Å². The van der Waals surface area contributed by atoms with Crippen molar-refractivity contribution in [1.82, 2.24) is 9.97 Å². The van der Waals surface area contributed by atoms with Gasteiger partial charge >= 0.3 is 5.69 Å². The van der Waals surface area contributed by atoms with Crippen LogP contribution in [0.5, 0.6) is 0 Å². The van der Waals surface area contributed by atoms with Crippen molar-refractivity contribution in [2.45, 2.75) is 6.92 Å². The van der Waals surface area contributed by atoms with Crippen LogP contribution in [0, 0.1) is 6.92 Å². The summed E-state index contributed by atoms with van der Waals surface area (Å²) in [5, 5.41) is 3.15. The number of hydrogen-bond donors (Lipinski definition) is 3. The summed E-state index contributed by atoms with van der Waals surface area (Å²) in [4.78, 5) is 42.8. The van der Waals surface area contributed by atoms with Crippen LogP contribution in [-0.2, 0) is 0 Å². The largest absolute Gasteiger partial charge is 0.455 e. The molecule has 5 aromatic rings. The Bertz CT molecular complexity index is 1580. The van der Waals surface area contributed by atoms with Crippen molar-refractivity contribution in [3.05, 3.63) is 98.6 Å². The first-order valence-electron chi connectivity index (χ1n) is 9.66. The molecule has 0 aliphatic carbocycles. The van der Waals surface area contributed by atoms with Gasteiger partial charge in [-0.1, -0.05) is 36.4 Å². The van der Waals surface area contributed by atoms with Crippen LogP contribution in [0.4, 0.5) is 5.69 Å². The van der Waals surface area contributed by atoms with Crippen molar-refractivity contribution in [2.75, 3.05) is 5.32 Å². The monoisotopic (exact) mass is 411 g/mol. The molecule has 0 aliphatic rings. The van der Waals surface area contributed by atoms with Crippen LogP contribution in [-0.4, -0.2) is 15.9 Å². The van der Waals surface area contributed by atoms with E-state index in [0.717, 1.165) is 5.56 Å². The normalized spacial score (nSPS) is 11.1. The Hall–Kier alpha value is -4.39. The van der Waals surface area contributed by atoms with Crippen LogP contribution in [0.15, 0.2) is 80.7 Å². The van der Waals surface area contributed by atoms with Crippen molar-refractivity contribution >= 4 is 33.6 Å². The first-order chi connectivity index (χ1) is 15.0. The minimum atomic E-state index is -0.422. The van der Waals surface area contributed by atoms with E-state index in [9.17, 15) is 14.4 Å². The lowest BCUT2D eigenvalue weighted by molar-refractivity contribution is 0.102. The summed E-state index contributed by atoms with van der Waals surface area (Å²) in [6.45, 7) is 1.72. The van der Waals surface area contributed by atoms with Crippen molar-refractivity contribution in [2.24, 2.45) is 0 Å². The Morgan fingerprint density at radius 1 is 0.903 bits per heavy atom. The average molecular weight is 411 g/mol. The van der Waals surface area contributed by atoms with Gasteiger partial charge in [0.05, 0.1) is 22.0 Å². The second-order valence-corrected chi connectivity index (χ2v) is 7.23. The molecule has 0 unspecified atom stereocenters. The van der Waals surface area contributed by atoms with E-state index in [4.69, 9.17) is 4.42 Å². The Balaban J connectivity index is 1.61. The number of fused-ring (bicyclic) bond motifs is 2. The summed E-state index contributed by atoms with van der Waals surface area (Å²) in [5.74, 6) is 0.0125. The highest BCUT2D eigenvalue weighted by Crippen LogP contribution is 2.27. The topological polar surface area (TPSA) is 108 Å². The number of H-pyrrole nitrogens is 2. The quantitative estimate of drug-likeness (QED) is 0.414. The Morgan fingerprint density at radius 2 is 1.68 bits per heavy atom. The third-order valence-corrected chi connectivity index (χ3v) is 5.20. The van der Waals surface area contributed by atoms with Crippen LogP contribution < -0.4 is 16.4 Å². The van der Waals surface area contributed by atoms with Gasteiger partial charge in [-0.25, -0.2) is 4.79 Å². The predicted octanol–water partition coefficient (Wildman–Crippen LogP) is 4.19. The molecule has 7 nitrogen and oxygen atoms in total. The number of anilines is 1. The molecule has 7 heteroatoms. The van der Waals surface area contributed by atoms with Gasteiger partial charge < -0.3 is 19.7 Å². The molecule has 0 fully saturated rings. The maximum absolute atomic E-state index is 13.1. The minimum absolute atomic E-state index is 0.180. The standard InChI is InChI=1S/C24H17N3O4/c1-13-20(28)16-8-5-9-17(22(16)31-21(13)14-6-3-2-4-7-14)23(29)25-15-10-11-18-19(12-15)27-24(30)26-18/h2-12H,1H3,(H,25,29)(H2,26,27,30). The summed E-state index contributed by atoms with van der Waals surface area (Å²) in [5.41, 5.74) is 2.94. The third kappa shape index (κ3) is 3.22. The van der Waals surface area contributed by atoms with Crippen LogP contribution >= 0.6 is 0 Å². The van der Waals surface area contributed by atoms with Crippen molar-refractivity contribution in [3.63, 3.8) is 0 Å². The van der Waals surface area contributed by atoms with E-state index >= 15 is 0 Å². The van der Waals surface area contributed by atoms with E-state index in [1.165, 1.54) is 0 Å². The van der Waals surface area contributed by atoms with Gasteiger partial charge in [0.1, 0.15) is 5.76 Å². The van der Waals surface area contributed by atoms with Crippen LogP contribution in [0.1, 0.15) is 15.9 Å². The Labute approximate surface area is 175 Å².